The fourth-order valence-electron chi connectivity index (χ4n) is 2.05. The number of carbonyl (C=O) groups is 2. The third kappa shape index (κ3) is 5.16. The summed E-state index contributed by atoms with van der Waals surface area (Å²) in [6.45, 7) is -0.0291. The average molecular weight is 338 g/mol. The van der Waals surface area contributed by atoms with Gasteiger partial charge >= 0.3 is 5.97 Å². The lowest BCUT2D eigenvalue weighted by Crippen LogP contribution is -2.35. The molecular weight excluding hydrogens is 322 g/mol. The Hall–Kier alpha value is -1.85. The Morgan fingerprint density at radius 2 is 1.91 bits per heavy atom. The first-order valence-electron chi connectivity index (χ1n) is 6.81. The van der Waals surface area contributed by atoms with E-state index in [1.54, 1.807) is 35.6 Å². The Balaban J connectivity index is 1.99. The molecule has 6 heteroatoms. The van der Waals surface area contributed by atoms with E-state index in [9.17, 15) is 9.59 Å². The summed E-state index contributed by atoms with van der Waals surface area (Å²) in [5, 5.41) is 11.6. The number of halogens is 1. The van der Waals surface area contributed by atoms with E-state index in [-0.39, 0.29) is 19.0 Å². The molecule has 1 heterocycles. The van der Waals surface area contributed by atoms with Gasteiger partial charge in [-0.25, -0.2) is 0 Å². The molecule has 116 valence electrons. The summed E-state index contributed by atoms with van der Waals surface area (Å²) >= 11 is 7.42. The average Bonchev–Trinajstić information content (AvgIpc) is 2.99. The van der Waals surface area contributed by atoms with Crippen molar-refractivity contribution in [3.63, 3.8) is 0 Å². The van der Waals surface area contributed by atoms with Crippen LogP contribution < -0.4 is 0 Å². The summed E-state index contributed by atoms with van der Waals surface area (Å²) in [5.41, 5.74) is 0.857. The lowest BCUT2D eigenvalue weighted by molar-refractivity contribution is -0.144. The van der Waals surface area contributed by atoms with E-state index in [2.05, 4.69) is 0 Å². The van der Waals surface area contributed by atoms with Crippen LogP contribution in [0.5, 0.6) is 0 Å². The molecule has 2 aromatic rings. The van der Waals surface area contributed by atoms with Crippen molar-refractivity contribution in [3.05, 3.63) is 57.2 Å². The summed E-state index contributed by atoms with van der Waals surface area (Å²) in [5.74, 6) is -1.18. The molecule has 1 aromatic heterocycles. The molecule has 0 bridgehead atoms. The molecule has 0 atom stereocenters. The van der Waals surface area contributed by atoms with E-state index in [0.29, 0.717) is 17.9 Å². The van der Waals surface area contributed by atoms with E-state index in [1.807, 2.05) is 17.5 Å². The van der Waals surface area contributed by atoms with Crippen LogP contribution in [0.15, 0.2) is 41.8 Å². The van der Waals surface area contributed by atoms with Crippen molar-refractivity contribution >= 4 is 34.8 Å². The van der Waals surface area contributed by atoms with Gasteiger partial charge in [0.2, 0.25) is 5.91 Å². The Morgan fingerprint density at radius 1 is 1.18 bits per heavy atom. The largest absolute Gasteiger partial charge is 0.480 e. The van der Waals surface area contributed by atoms with Crippen LogP contribution in [0.2, 0.25) is 5.02 Å². The number of aliphatic carboxylic acids is 1. The van der Waals surface area contributed by atoms with Crippen LogP contribution in [-0.2, 0) is 22.6 Å². The Labute approximate surface area is 137 Å². The minimum atomic E-state index is -1.02. The first-order valence-corrected chi connectivity index (χ1v) is 8.07. The van der Waals surface area contributed by atoms with Gasteiger partial charge in [0.15, 0.2) is 0 Å². The van der Waals surface area contributed by atoms with Gasteiger partial charge in [0.05, 0.1) is 0 Å². The van der Waals surface area contributed by atoms with Crippen LogP contribution in [0, 0.1) is 0 Å². The molecule has 0 spiro atoms. The minimum absolute atomic E-state index is 0.161. The van der Waals surface area contributed by atoms with Gasteiger partial charge in [-0.05, 0) is 35.6 Å². The van der Waals surface area contributed by atoms with Gasteiger partial charge in [-0.1, -0.05) is 29.8 Å². The summed E-state index contributed by atoms with van der Waals surface area (Å²) in [7, 11) is 0. The molecule has 2 rings (SSSR count). The molecule has 22 heavy (non-hydrogen) atoms. The van der Waals surface area contributed by atoms with Gasteiger partial charge in [0, 0.05) is 22.9 Å². The standard InChI is InChI=1S/C16H16ClNO3S/c17-13-5-3-12(4-6-13)10-18(11-16(20)21)15(19)8-7-14-2-1-9-22-14/h1-6,9H,7-8,10-11H2,(H,20,21). The molecule has 0 fully saturated rings. The first kappa shape index (κ1) is 16.5. The maximum absolute atomic E-state index is 12.3. The van der Waals surface area contributed by atoms with Crippen LogP contribution in [0.1, 0.15) is 16.9 Å². The molecule has 1 amide bonds. The Kier molecular flexibility index (Phi) is 5.98. The number of carbonyl (C=O) groups excluding carboxylic acids is 1. The molecule has 1 N–H and O–H groups in total. The zero-order valence-electron chi connectivity index (χ0n) is 11.9. The van der Waals surface area contributed by atoms with Gasteiger partial charge in [0.1, 0.15) is 6.54 Å². The summed E-state index contributed by atoms with van der Waals surface area (Å²) in [6, 6.07) is 11.0. The van der Waals surface area contributed by atoms with Crippen molar-refractivity contribution in [1.82, 2.24) is 4.90 Å². The normalized spacial score (nSPS) is 10.4. The van der Waals surface area contributed by atoms with Crippen molar-refractivity contribution in [2.75, 3.05) is 6.54 Å². The number of benzene rings is 1. The summed E-state index contributed by atoms with van der Waals surface area (Å²) in [4.78, 5) is 25.7. The SMILES string of the molecule is O=C(O)CN(Cc1ccc(Cl)cc1)C(=O)CCc1cccs1. The predicted octanol–water partition coefficient (Wildman–Crippen LogP) is 3.45. The number of carboxylic acids is 1. The van der Waals surface area contributed by atoms with Crippen molar-refractivity contribution in [1.29, 1.82) is 0 Å². The van der Waals surface area contributed by atoms with Crippen molar-refractivity contribution in [2.45, 2.75) is 19.4 Å². The zero-order valence-corrected chi connectivity index (χ0v) is 13.4. The van der Waals surface area contributed by atoms with E-state index >= 15 is 0 Å². The third-order valence-electron chi connectivity index (χ3n) is 3.13. The van der Waals surface area contributed by atoms with E-state index in [0.717, 1.165) is 10.4 Å². The van der Waals surface area contributed by atoms with Gasteiger partial charge < -0.3 is 10.0 Å². The number of carboxylic acid groups (broad SMARTS) is 1. The van der Waals surface area contributed by atoms with Gasteiger partial charge in [-0.15, -0.1) is 11.3 Å². The molecule has 0 aliphatic rings. The quantitative estimate of drug-likeness (QED) is 0.842. The summed E-state index contributed by atoms with van der Waals surface area (Å²) < 4.78 is 0. The maximum Gasteiger partial charge on any atom is 0.323 e. The van der Waals surface area contributed by atoms with Crippen molar-refractivity contribution in [3.8, 4) is 0 Å². The van der Waals surface area contributed by atoms with E-state index in [1.165, 1.54) is 4.90 Å². The molecule has 0 aliphatic heterocycles. The number of thiophene rings is 1. The van der Waals surface area contributed by atoms with Crippen LogP contribution >= 0.6 is 22.9 Å². The number of aryl methyl sites for hydroxylation is 1. The fourth-order valence-corrected chi connectivity index (χ4v) is 2.88. The number of hydrogen-bond donors (Lipinski definition) is 1. The lowest BCUT2D eigenvalue weighted by atomic mass is 10.2. The monoisotopic (exact) mass is 337 g/mol. The van der Waals surface area contributed by atoms with Crippen molar-refractivity contribution < 1.29 is 14.7 Å². The lowest BCUT2D eigenvalue weighted by Gasteiger charge is -2.21. The number of hydrogen-bond acceptors (Lipinski definition) is 3. The van der Waals surface area contributed by atoms with Crippen LogP contribution in [0.4, 0.5) is 0 Å². The number of amides is 1. The Morgan fingerprint density at radius 3 is 2.50 bits per heavy atom. The molecule has 0 saturated carbocycles. The molecule has 0 saturated heterocycles. The molecule has 0 unspecified atom stereocenters. The molecule has 0 radical (unpaired) electrons. The first-order chi connectivity index (χ1) is 10.5. The highest BCUT2D eigenvalue weighted by Gasteiger charge is 2.17. The van der Waals surface area contributed by atoms with Gasteiger partial charge in [-0.2, -0.15) is 0 Å². The van der Waals surface area contributed by atoms with Crippen LogP contribution in [0.3, 0.4) is 0 Å². The second kappa shape index (κ2) is 7.96. The fraction of sp³-hybridized carbons (Fsp3) is 0.250. The second-order valence-electron chi connectivity index (χ2n) is 4.85. The highest BCUT2D eigenvalue weighted by molar-refractivity contribution is 7.09. The maximum atomic E-state index is 12.3. The zero-order chi connectivity index (χ0) is 15.9. The van der Waals surface area contributed by atoms with E-state index < -0.39 is 5.97 Å². The highest BCUT2D eigenvalue weighted by Crippen LogP contribution is 2.14. The summed E-state index contributed by atoms with van der Waals surface area (Å²) in [6.07, 6.45) is 0.939. The van der Waals surface area contributed by atoms with Crippen LogP contribution in [-0.4, -0.2) is 28.4 Å². The smallest absolute Gasteiger partial charge is 0.323 e. The predicted molar refractivity (Wildman–Crippen MR) is 87.1 cm³/mol. The minimum Gasteiger partial charge on any atom is -0.480 e. The highest BCUT2D eigenvalue weighted by atomic mass is 35.5. The van der Waals surface area contributed by atoms with E-state index in [4.69, 9.17) is 16.7 Å². The number of nitrogens with zero attached hydrogens (tertiary/aromatic N) is 1. The van der Waals surface area contributed by atoms with Crippen molar-refractivity contribution in [2.24, 2.45) is 0 Å². The topological polar surface area (TPSA) is 57.6 Å². The number of rotatable bonds is 7. The van der Waals surface area contributed by atoms with Gasteiger partial charge in [0.25, 0.3) is 0 Å². The molecule has 4 nitrogen and oxygen atoms in total. The molecular formula is C16H16ClNO3S. The molecule has 0 aliphatic carbocycles. The third-order valence-corrected chi connectivity index (χ3v) is 4.32. The Bertz CT molecular complexity index is 625. The second-order valence-corrected chi connectivity index (χ2v) is 6.32. The van der Waals surface area contributed by atoms with Gasteiger partial charge in [-0.3, -0.25) is 9.59 Å². The molecule has 1 aromatic carbocycles. The van der Waals surface area contributed by atoms with Crippen LogP contribution in [0.25, 0.3) is 0 Å².